The van der Waals surface area contributed by atoms with Crippen molar-refractivity contribution < 1.29 is 49.3 Å². The zero-order valence-electron chi connectivity index (χ0n) is 48.3. The summed E-state index contributed by atoms with van der Waals surface area (Å²) in [6, 6.07) is -0.814. The van der Waals surface area contributed by atoms with Crippen LogP contribution < -0.4 is 5.32 Å². The van der Waals surface area contributed by atoms with Crippen molar-refractivity contribution in [3.8, 4) is 0 Å². The molecule has 0 saturated carbocycles. The van der Waals surface area contributed by atoms with Gasteiger partial charge in [0.05, 0.1) is 32.0 Å². The van der Waals surface area contributed by atoms with Gasteiger partial charge in [0.1, 0.15) is 24.4 Å². The second-order valence-electron chi connectivity index (χ2n) is 21.8. The average molecular weight is 1060 g/mol. The fourth-order valence-electron chi connectivity index (χ4n) is 9.64. The summed E-state index contributed by atoms with van der Waals surface area (Å²) in [6.07, 6.45) is 58.0. The molecule has 1 aliphatic rings. The highest BCUT2D eigenvalue weighted by atomic mass is 16.7. The lowest BCUT2D eigenvalue weighted by Crippen LogP contribution is -2.60. The van der Waals surface area contributed by atoms with Gasteiger partial charge in [-0.15, -0.1) is 0 Å². The van der Waals surface area contributed by atoms with Crippen molar-refractivity contribution in [2.45, 2.75) is 326 Å². The summed E-state index contributed by atoms with van der Waals surface area (Å²) in [4.78, 5) is 25.1. The molecule has 11 nitrogen and oxygen atoms in total. The minimum atomic E-state index is -1.57. The van der Waals surface area contributed by atoms with Crippen molar-refractivity contribution in [3.63, 3.8) is 0 Å². The number of aliphatic hydroxyl groups is 5. The largest absolute Gasteiger partial charge is 0.466 e. The molecule has 1 amide bonds. The number of rotatable bonds is 54. The molecule has 0 spiro atoms. The van der Waals surface area contributed by atoms with Crippen LogP contribution in [0.25, 0.3) is 0 Å². The molecule has 0 aliphatic carbocycles. The third-order valence-electron chi connectivity index (χ3n) is 14.7. The van der Waals surface area contributed by atoms with Gasteiger partial charge in [-0.2, -0.15) is 0 Å². The lowest BCUT2D eigenvalue weighted by atomic mass is 9.99. The van der Waals surface area contributed by atoms with E-state index in [1.165, 1.54) is 167 Å². The number of aliphatic hydroxyl groups excluding tert-OH is 5. The molecule has 1 rings (SSSR count). The number of esters is 1. The molecule has 1 saturated heterocycles. The monoisotopic (exact) mass is 1060 g/mol. The first-order valence-electron chi connectivity index (χ1n) is 31.4. The van der Waals surface area contributed by atoms with Crippen LogP contribution >= 0.6 is 0 Å². The fraction of sp³-hybridized carbons (Fsp3) is 0.844. The van der Waals surface area contributed by atoms with E-state index < -0.39 is 49.5 Å². The lowest BCUT2D eigenvalue weighted by molar-refractivity contribution is -0.302. The molecule has 0 radical (unpaired) electrons. The molecule has 1 aliphatic heterocycles. The summed E-state index contributed by atoms with van der Waals surface area (Å²) >= 11 is 0. The molecule has 7 unspecified atom stereocenters. The van der Waals surface area contributed by atoms with Crippen LogP contribution in [-0.4, -0.2) is 100 Å². The Morgan fingerprint density at radius 3 is 1.39 bits per heavy atom. The Labute approximate surface area is 459 Å². The van der Waals surface area contributed by atoms with Gasteiger partial charge in [0.2, 0.25) is 5.91 Å². The Balaban J connectivity index is 1.99. The van der Waals surface area contributed by atoms with E-state index in [1.54, 1.807) is 6.08 Å². The van der Waals surface area contributed by atoms with Gasteiger partial charge < -0.3 is 45.1 Å². The highest BCUT2D eigenvalue weighted by molar-refractivity contribution is 5.76. The normalized spacial score (nSPS) is 19.1. The number of hydrogen-bond acceptors (Lipinski definition) is 10. The van der Waals surface area contributed by atoms with Gasteiger partial charge in [0, 0.05) is 12.8 Å². The topological polar surface area (TPSA) is 175 Å². The van der Waals surface area contributed by atoms with Gasteiger partial charge in [-0.05, 0) is 89.9 Å². The predicted octanol–water partition coefficient (Wildman–Crippen LogP) is 14.8. The molecule has 0 aromatic rings. The second-order valence-corrected chi connectivity index (χ2v) is 21.8. The average Bonchev–Trinajstić information content (AvgIpc) is 3.41. The molecular weight excluding hydrogens is 943 g/mol. The van der Waals surface area contributed by atoms with Gasteiger partial charge in [-0.3, -0.25) is 9.59 Å². The highest BCUT2D eigenvalue weighted by Gasteiger charge is 2.44. The Morgan fingerprint density at radius 1 is 0.493 bits per heavy atom. The Morgan fingerprint density at radius 2 is 0.893 bits per heavy atom. The first-order valence-corrected chi connectivity index (χ1v) is 31.4. The molecule has 6 N–H and O–H groups in total. The van der Waals surface area contributed by atoms with Gasteiger partial charge >= 0.3 is 5.97 Å². The van der Waals surface area contributed by atoms with Crippen molar-refractivity contribution in [1.29, 1.82) is 0 Å². The molecule has 11 heteroatoms. The van der Waals surface area contributed by atoms with Crippen molar-refractivity contribution >= 4 is 11.9 Å². The predicted molar refractivity (Wildman–Crippen MR) is 310 cm³/mol. The SMILES string of the molecule is CCCCC/C=C\C/C=C\CCCCCCCC(=O)OCCCCCCCCCCCCCC/C=C\CCCCCCCCCC(=O)NC(COC1OC(CO)C(O)C(O)C1O)C(O)/C=C/CCCCCCCCC. The Bertz CT molecular complexity index is 1390. The molecule has 75 heavy (non-hydrogen) atoms. The van der Waals surface area contributed by atoms with E-state index in [-0.39, 0.29) is 18.5 Å². The van der Waals surface area contributed by atoms with Crippen LogP contribution in [0, 0.1) is 0 Å². The van der Waals surface area contributed by atoms with Crippen molar-refractivity contribution in [2.75, 3.05) is 19.8 Å². The van der Waals surface area contributed by atoms with Crippen LogP contribution in [0.4, 0.5) is 0 Å². The third-order valence-corrected chi connectivity index (χ3v) is 14.7. The van der Waals surface area contributed by atoms with E-state index in [9.17, 15) is 35.1 Å². The molecule has 7 atom stereocenters. The molecule has 0 bridgehead atoms. The van der Waals surface area contributed by atoms with E-state index in [0.29, 0.717) is 19.4 Å². The maximum absolute atomic E-state index is 13.0. The van der Waals surface area contributed by atoms with Gasteiger partial charge in [-0.1, -0.05) is 229 Å². The Hall–Kier alpha value is -2.38. The fourth-order valence-corrected chi connectivity index (χ4v) is 9.64. The van der Waals surface area contributed by atoms with Gasteiger partial charge in [-0.25, -0.2) is 0 Å². The number of hydrogen-bond donors (Lipinski definition) is 6. The number of allylic oxidation sites excluding steroid dienone is 7. The van der Waals surface area contributed by atoms with Crippen LogP contribution in [0.3, 0.4) is 0 Å². The van der Waals surface area contributed by atoms with Gasteiger partial charge in [0.25, 0.3) is 0 Å². The minimum Gasteiger partial charge on any atom is -0.466 e. The maximum Gasteiger partial charge on any atom is 0.305 e. The standard InChI is InChI=1S/C64H117NO10/c1-3-5-7-9-11-13-14-15-25-29-32-36-40-44-48-52-60(69)73-53-49-45-41-37-33-30-27-24-22-20-18-16-17-19-21-23-26-28-31-35-39-43-47-51-59(68)65-56(57(67)50-46-42-38-34-12-10-8-6-4-2)55-74-64-63(72)62(71)61(70)58(54-66)75-64/h11,13,15,19,21,25,46,50,56-58,61-64,66-67,70-72H,3-10,12,14,16-18,20,22-24,26-45,47-49,51-55H2,1-2H3,(H,65,68)/b13-11-,21-19-,25-15-,50-46+. The van der Waals surface area contributed by atoms with E-state index in [0.717, 1.165) is 89.9 Å². The summed E-state index contributed by atoms with van der Waals surface area (Å²) < 4.78 is 16.7. The number of nitrogens with one attached hydrogen (secondary N) is 1. The molecule has 0 aromatic carbocycles. The third kappa shape index (κ3) is 43.2. The number of carbonyl (C=O) groups is 2. The summed E-state index contributed by atoms with van der Waals surface area (Å²) in [5.74, 6) is -0.205. The number of amides is 1. The molecular formula is C64H117NO10. The van der Waals surface area contributed by atoms with E-state index in [4.69, 9.17) is 14.2 Å². The second kappa shape index (κ2) is 53.6. The summed E-state index contributed by atoms with van der Waals surface area (Å²) in [5, 5.41) is 54.2. The van der Waals surface area contributed by atoms with E-state index in [1.807, 2.05) is 6.08 Å². The summed E-state index contributed by atoms with van der Waals surface area (Å²) in [6.45, 7) is 4.28. The van der Waals surface area contributed by atoms with Crippen molar-refractivity contribution in [2.24, 2.45) is 0 Å². The number of carbonyl (C=O) groups excluding carboxylic acids is 2. The Kier molecular flexibility index (Phi) is 50.5. The van der Waals surface area contributed by atoms with Crippen LogP contribution in [0.2, 0.25) is 0 Å². The summed E-state index contributed by atoms with van der Waals surface area (Å²) in [7, 11) is 0. The lowest BCUT2D eigenvalue weighted by Gasteiger charge is -2.40. The van der Waals surface area contributed by atoms with Crippen molar-refractivity contribution in [3.05, 3.63) is 48.6 Å². The first-order chi connectivity index (χ1) is 36.7. The van der Waals surface area contributed by atoms with Crippen LogP contribution in [0.15, 0.2) is 48.6 Å². The van der Waals surface area contributed by atoms with Gasteiger partial charge in [0.15, 0.2) is 6.29 Å². The number of ether oxygens (including phenoxy) is 3. The zero-order valence-corrected chi connectivity index (χ0v) is 48.3. The maximum atomic E-state index is 13.0. The first kappa shape index (κ1) is 70.6. The molecule has 438 valence electrons. The van der Waals surface area contributed by atoms with Crippen LogP contribution in [-0.2, 0) is 23.8 Å². The zero-order chi connectivity index (χ0) is 54.5. The number of unbranched alkanes of at least 4 members (excludes halogenated alkanes) is 34. The highest BCUT2D eigenvalue weighted by Crippen LogP contribution is 2.23. The minimum absolute atomic E-state index is 0.0148. The molecule has 1 heterocycles. The van der Waals surface area contributed by atoms with Crippen LogP contribution in [0.1, 0.15) is 284 Å². The smallest absolute Gasteiger partial charge is 0.305 e. The summed E-state index contributed by atoms with van der Waals surface area (Å²) in [5.41, 5.74) is 0. The molecule has 1 fully saturated rings. The molecule has 0 aromatic heterocycles. The van der Waals surface area contributed by atoms with Crippen LogP contribution in [0.5, 0.6) is 0 Å². The van der Waals surface area contributed by atoms with Crippen molar-refractivity contribution in [1.82, 2.24) is 5.32 Å². The van der Waals surface area contributed by atoms with E-state index in [2.05, 4.69) is 55.6 Å². The quantitative estimate of drug-likeness (QED) is 0.0195. The van der Waals surface area contributed by atoms with E-state index >= 15 is 0 Å².